The number of nitrogens with zero attached hydrogens (tertiary/aromatic N) is 3. The first kappa shape index (κ1) is 19.3. The number of halogens is 2. The predicted octanol–water partition coefficient (Wildman–Crippen LogP) is 4.58. The van der Waals surface area contributed by atoms with E-state index in [0.717, 1.165) is 46.3 Å². The Morgan fingerprint density at radius 1 is 1.46 bits per heavy atom. The molecule has 1 fully saturated rings. The summed E-state index contributed by atoms with van der Waals surface area (Å²) in [6, 6.07) is 6.17. The fourth-order valence-corrected chi connectivity index (χ4v) is 4.15. The molecule has 0 unspecified atom stereocenters. The standard InChI is InChI=1S/C16H20ClN3O2S.BrH/c1-3-22-16(21)20-9-7-11(8-10-20)19(2)15-18-13-6-4-5-12(17)14(13)23-15;/h4-6,11H,3,7-10H2,1-2H3;1H. The van der Waals surface area contributed by atoms with Crippen LogP contribution in [-0.4, -0.2) is 48.8 Å². The topological polar surface area (TPSA) is 45.7 Å². The Morgan fingerprint density at radius 2 is 2.17 bits per heavy atom. The quantitative estimate of drug-likeness (QED) is 0.709. The number of likely N-dealkylation sites (tertiary alicyclic amines) is 1. The number of thiazole rings is 1. The van der Waals surface area contributed by atoms with Crippen LogP contribution < -0.4 is 4.90 Å². The van der Waals surface area contributed by atoms with Crippen LogP contribution in [-0.2, 0) is 4.74 Å². The lowest BCUT2D eigenvalue weighted by Crippen LogP contribution is -2.45. The van der Waals surface area contributed by atoms with Gasteiger partial charge in [-0.2, -0.15) is 0 Å². The Balaban J connectivity index is 0.00000208. The molecule has 0 spiro atoms. The van der Waals surface area contributed by atoms with E-state index in [-0.39, 0.29) is 23.1 Å². The number of ether oxygens (including phenoxy) is 1. The van der Waals surface area contributed by atoms with Gasteiger partial charge < -0.3 is 14.5 Å². The molecule has 2 heterocycles. The third kappa shape index (κ3) is 3.95. The van der Waals surface area contributed by atoms with Gasteiger partial charge in [0.1, 0.15) is 0 Å². The van der Waals surface area contributed by atoms with Crippen molar-refractivity contribution in [1.82, 2.24) is 9.88 Å². The second-order valence-corrected chi connectivity index (χ2v) is 7.00. The Morgan fingerprint density at radius 3 is 2.79 bits per heavy atom. The van der Waals surface area contributed by atoms with Crippen molar-refractivity contribution in [2.24, 2.45) is 0 Å². The van der Waals surface area contributed by atoms with Crippen molar-refractivity contribution in [3.63, 3.8) is 0 Å². The van der Waals surface area contributed by atoms with E-state index in [0.29, 0.717) is 12.6 Å². The smallest absolute Gasteiger partial charge is 0.409 e. The molecule has 132 valence electrons. The Hall–Kier alpha value is -1.05. The van der Waals surface area contributed by atoms with Gasteiger partial charge in [-0.3, -0.25) is 0 Å². The molecular formula is C16H21BrClN3O2S. The van der Waals surface area contributed by atoms with Crippen molar-refractivity contribution in [1.29, 1.82) is 0 Å². The number of carbonyl (C=O) groups is 1. The maximum absolute atomic E-state index is 11.8. The molecule has 0 N–H and O–H groups in total. The van der Waals surface area contributed by atoms with E-state index in [9.17, 15) is 4.79 Å². The molecular weight excluding hydrogens is 414 g/mol. The Kier molecular flexibility index (Phi) is 6.71. The first-order valence-corrected chi connectivity index (χ1v) is 8.99. The highest BCUT2D eigenvalue weighted by Crippen LogP contribution is 2.35. The zero-order valence-electron chi connectivity index (χ0n) is 13.7. The van der Waals surface area contributed by atoms with Crippen LogP contribution in [0.2, 0.25) is 5.02 Å². The summed E-state index contributed by atoms with van der Waals surface area (Å²) < 4.78 is 6.09. The first-order valence-electron chi connectivity index (χ1n) is 7.79. The Labute approximate surface area is 161 Å². The van der Waals surface area contributed by atoms with E-state index in [2.05, 4.69) is 16.9 Å². The molecule has 24 heavy (non-hydrogen) atoms. The highest BCUT2D eigenvalue weighted by atomic mass is 79.9. The van der Waals surface area contributed by atoms with Crippen LogP contribution >= 0.6 is 39.9 Å². The first-order chi connectivity index (χ1) is 11.1. The van der Waals surface area contributed by atoms with Crippen molar-refractivity contribution in [3.8, 4) is 0 Å². The second-order valence-electron chi connectivity index (χ2n) is 5.61. The molecule has 0 saturated carbocycles. The zero-order valence-corrected chi connectivity index (χ0v) is 17.0. The van der Waals surface area contributed by atoms with Crippen LogP contribution in [0, 0.1) is 0 Å². The van der Waals surface area contributed by atoms with Crippen molar-refractivity contribution in [2.75, 3.05) is 31.6 Å². The van der Waals surface area contributed by atoms with Gasteiger partial charge >= 0.3 is 6.09 Å². The average molecular weight is 435 g/mol. The van der Waals surface area contributed by atoms with Crippen LogP contribution in [0.4, 0.5) is 9.93 Å². The second kappa shape index (κ2) is 8.36. The van der Waals surface area contributed by atoms with E-state index in [1.807, 2.05) is 25.1 Å². The number of fused-ring (bicyclic) bond motifs is 1. The van der Waals surface area contributed by atoms with Crippen molar-refractivity contribution in [3.05, 3.63) is 23.2 Å². The third-order valence-electron chi connectivity index (χ3n) is 4.20. The molecule has 1 aromatic heterocycles. The van der Waals surface area contributed by atoms with E-state index >= 15 is 0 Å². The lowest BCUT2D eigenvalue weighted by molar-refractivity contribution is 0.0971. The molecule has 5 nitrogen and oxygen atoms in total. The van der Waals surface area contributed by atoms with Crippen LogP contribution in [0.25, 0.3) is 10.2 Å². The zero-order chi connectivity index (χ0) is 16.4. The van der Waals surface area contributed by atoms with Crippen LogP contribution in [0.15, 0.2) is 18.2 Å². The van der Waals surface area contributed by atoms with Gasteiger partial charge in [-0.1, -0.05) is 29.0 Å². The summed E-state index contributed by atoms with van der Waals surface area (Å²) in [5, 5.41) is 1.72. The highest BCUT2D eigenvalue weighted by Gasteiger charge is 2.27. The minimum absolute atomic E-state index is 0. The minimum atomic E-state index is -0.208. The minimum Gasteiger partial charge on any atom is -0.450 e. The van der Waals surface area contributed by atoms with Crippen LogP contribution in [0.3, 0.4) is 0 Å². The SMILES string of the molecule is Br.CCOC(=O)N1CCC(N(C)c2nc3cccc(Cl)c3s2)CC1. The Bertz CT molecular complexity index is 704. The van der Waals surface area contributed by atoms with Crippen molar-refractivity contribution in [2.45, 2.75) is 25.8 Å². The van der Waals surface area contributed by atoms with Gasteiger partial charge in [0.15, 0.2) is 5.13 Å². The summed E-state index contributed by atoms with van der Waals surface area (Å²) >= 11 is 7.86. The number of aromatic nitrogens is 1. The molecule has 0 bridgehead atoms. The summed E-state index contributed by atoms with van der Waals surface area (Å²) in [7, 11) is 2.07. The summed E-state index contributed by atoms with van der Waals surface area (Å²) in [6.45, 7) is 3.70. The maximum atomic E-state index is 11.8. The van der Waals surface area contributed by atoms with E-state index in [4.69, 9.17) is 16.3 Å². The van der Waals surface area contributed by atoms with Gasteiger partial charge in [0.2, 0.25) is 0 Å². The molecule has 0 atom stereocenters. The fourth-order valence-electron chi connectivity index (χ4n) is 2.86. The maximum Gasteiger partial charge on any atom is 0.409 e. The molecule has 2 aromatic rings. The number of rotatable bonds is 3. The largest absolute Gasteiger partial charge is 0.450 e. The molecule has 0 radical (unpaired) electrons. The normalized spacial score (nSPS) is 15.2. The molecule has 1 amide bonds. The molecule has 1 aromatic carbocycles. The van der Waals surface area contributed by atoms with Crippen molar-refractivity contribution >= 4 is 61.4 Å². The van der Waals surface area contributed by atoms with E-state index < -0.39 is 0 Å². The number of hydrogen-bond donors (Lipinski definition) is 0. The molecule has 1 aliphatic heterocycles. The van der Waals surface area contributed by atoms with Gasteiger partial charge in [-0.05, 0) is 31.9 Å². The highest BCUT2D eigenvalue weighted by molar-refractivity contribution is 8.93. The molecule has 1 aliphatic rings. The van der Waals surface area contributed by atoms with Crippen LogP contribution in [0.5, 0.6) is 0 Å². The number of piperidine rings is 1. The van der Waals surface area contributed by atoms with E-state index in [1.165, 1.54) is 0 Å². The van der Waals surface area contributed by atoms with E-state index in [1.54, 1.807) is 16.2 Å². The lowest BCUT2D eigenvalue weighted by atomic mass is 10.0. The van der Waals surface area contributed by atoms with Gasteiger partial charge in [0, 0.05) is 26.2 Å². The fraction of sp³-hybridized carbons (Fsp3) is 0.500. The van der Waals surface area contributed by atoms with Crippen LogP contribution in [0.1, 0.15) is 19.8 Å². The van der Waals surface area contributed by atoms with Gasteiger partial charge in [-0.15, -0.1) is 17.0 Å². The summed E-state index contributed by atoms with van der Waals surface area (Å²) in [5.41, 5.74) is 0.938. The van der Waals surface area contributed by atoms with Gasteiger partial charge in [0.25, 0.3) is 0 Å². The third-order valence-corrected chi connectivity index (χ3v) is 5.82. The average Bonchev–Trinajstić information content (AvgIpc) is 3.00. The lowest BCUT2D eigenvalue weighted by Gasteiger charge is -2.36. The number of benzene rings is 1. The summed E-state index contributed by atoms with van der Waals surface area (Å²) in [6.07, 6.45) is 1.62. The number of amides is 1. The number of hydrogen-bond acceptors (Lipinski definition) is 5. The molecule has 1 saturated heterocycles. The molecule has 8 heteroatoms. The van der Waals surface area contributed by atoms with Crippen molar-refractivity contribution < 1.29 is 9.53 Å². The monoisotopic (exact) mass is 433 g/mol. The van der Waals surface area contributed by atoms with Gasteiger partial charge in [-0.25, -0.2) is 9.78 Å². The number of carbonyl (C=O) groups excluding carboxylic acids is 1. The summed E-state index contributed by atoms with van der Waals surface area (Å²) in [5.74, 6) is 0. The molecule has 0 aliphatic carbocycles. The molecule has 3 rings (SSSR count). The van der Waals surface area contributed by atoms with Gasteiger partial charge in [0.05, 0.1) is 21.8 Å². The summed E-state index contributed by atoms with van der Waals surface area (Å²) in [4.78, 5) is 20.4. The number of anilines is 1. The predicted molar refractivity (Wildman–Crippen MR) is 105 cm³/mol.